The zero-order valence-electron chi connectivity index (χ0n) is 20.1. The lowest BCUT2D eigenvalue weighted by Crippen LogP contribution is -2.29. The highest BCUT2D eigenvalue weighted by Crippen LogP contribution is 2.43. The van der Waals surface area contributed by atoms with Crippen molar-refractivity contribution in [2.75, 3.05) is 18.6 Å². The van der Waals surface area contributed by atoms with E-state index in [9.17, 15) is 19.5 Å². The van der Waals surface area contributed by atoms with Crippen molar-refractivity contribution in [1.29, 1.82) is 0 Å². The summed E-state index contributed by atoms with van der Waals surface area (Å²) < 4.78 is 10.8. The van der Waals surface area contributed by atoms with E-state index in [1.165, 1.54) is 18.1 Å². The first-order valence-corrected chi connectivity index (χ1v) is 11.8. The Morgan fingerprint density at radius 3 is 2.22 bits per heavy atom. The van der Waals surface area contributed by atoms with Gasteiger partial charge in [-0.3, -0.25) is 19.3 Å². The number of carbonyl (C=O) groups excluding carboxylic acids is 2. The van der Waals surface area contributed by atoms with Crippen molar-refractivity contribution in [3.63, 3.8) is 0 Å². The number of carbonyl (C=O) groups is 3. The Labute approximate surface area is 218 Å². The second-order valence-corrected chi connectivity index (χ2v) is 8.66. The third-order valence-corrected chi connectivity index (χ3v) is 6.28. The van der Waals surface area contributed by atoms with E-state index < -0.39 is 29.5 Å². The summed E-state index contributed by atoms with van der Waals surface area (Å²) >= 11 is 6.38. The summed E-state index contributed by atoms with van der Waals surface area (Å²) in [7, 11) is 1.52. The number of Topliss-reactive ketones (excluding diaryl/α,β-unsaturated/α-hetero) is 1. The monoisotopic (exact) mass is 521 g/mol. The highest BCUT2D eigenvalue weighted by molar-refractivity contribution is 6.52. The number of rotatable bonds is 8. The van der Waals surface area contributed by atoms with Gasteiger partial charge in [-0.2, -0.15) is 0 Å². The number of aliphatic carboxylic acids is 1. The minimum atomic E-state index is -0.988. The predicted octanol–water partition coefficient (Wildman–Crippen LogP) is 5.00. The lowest BCUT2D eigenvalue weighted by atomic mass is 9.95. The molecule has 1 aliphatic heterocycles. The van der Waals surface area contributed by atoms with E-state index in [0.29, 0.717) is 34.9 Å². The van der Waals surface area contributed by atoms with Crippen molar-refractivity contribution >= 4 is 40.7 Å². The van der Waals surface area contributed by atoms with Crippen molar-refractivity contribution < 1.29 is 34.1 Å². The van der Waals surface area contributed by atoms with Gasteiger partial charge >= 0.3 is 5.97 Å². The molecule has 0 aliphatic carbocycles. The maximum absolute atomic E-state index is 13.4. The molecule has 0 radical (unpaired) electrons. The van der Waals surface area contributed by atoms with Crippen LogP contribution in [-0.2, 0) is 20.8 Å². The maximum Gasteiger partial charge on any atom is 0.307 e. The normalized spacial score (nSPS) is 16.6. The Bertz CT molecular complexity index is 1380. The Balaban J connectivity index is 1.89. The number of methoxy groups -OCH3 is 1. The molecule has 0 aromatic heterocycles. The van der Waals surface area contributed by atoms with Gasteiger partial charge in [-0.15, -0.1) is 0 Å². The highest BCUT2D eigenvalue weighted by Gasteiger charge is 2.47. The van der Waals surface area contributed by atoms with Crippen LogP contribution in [0.1, 0.15) is 29.7 Å². The molecule has 1 unspecified atom stereocenters. The average molecular weight is 522 g/mol. The molecule has 3 aromatic carbocycles. The van der Waals surface area contributed by atoms with Crippen LogP contribution in [0.25, 0.3) is 5.76 Å². The number of hydrogen-bond donors (Lipinski definition) is 2. The lowest BCUT2D eigenvalue weighted by Gasteiger charge is -2.26. The van der Waals surface area contributed by atoms with Crippen molar-refractivity contribution in [2.45, 2.75) is 19.4 Å². The number of nitrogens with zero attached hydrogens (tertiary/aromatic N) is 1. The summed E-state index contributed by atoms with van der Waals surface area (Å²) in [5, 5.41) is 20.6. The van der Waals surface area contributed by atoms with Gasteiger partial charge in [-0.1, -0.05) is 35.9 Å². The van der Waals surface area contributed by atoms with Crippen LogP contribution in [0.5, 0.6) is 11.5 Å². The van der Waals surface area contributed by atoms with Gasteiger partial charge in [0.05, 0.1) is 36.8 Å². The standard InChI is InChI=1S/C28H24ClNO7/c1-3-37-20-12-13-22(29)21(15-20)26(33)24-25(17-6-10-19(36-2)11-7-17)30(28(35)27(24)34)18-8-4-16(5-9-18)14-23(31)32/h4-13,15,25,33H,3,14H2,1-2H3,(H,31,32)/b26-24+. The van der Waals surface area contributed by atoms with E-state index in [-0.39, 0.29) is 22.6 Å². The number of carboxylic acid groups (broad SMARTS) is 1. The summed E-state index contributed by atoms with van der Waals surface area (Å²) in [6, 6.07) is 16.8. The van der Waals surface area contributed by atoms with E-state index in [4.69, 9.17) is 26.2 Å². The van der Waals surface area contributed by atoms with Crippen LogP contribution in [0.3, 0.4) is 0 Å². The molecule has 2 N–H and O–H groups in total. The van der Waals surface area contributed by atoms with E-state index in [2.05, 4.69) is 0 Å². The molecule has 3 aromatic rings. The number of benzene rings is 3. The molecule has 1 atom stereocenters. The number of ketones is 1. The number of ether oxygens (including phenoxy) is 2. The first kappa shape index (κ1) is 25.8. The SMILES string of the molecule is CCOc1ccc(Cl)c(/C(O)=C2\C(=O)C(=O)N(c3ccc(CC(=O)O)cc3)C2c2ccc(OC)cc2)c1. The second kappa shape index (κ2) is 10.8. The van der Waals surface area contributed by atoms with Crippen LogP contribution in [0.15, 0.2) is 72.3 Å². The van der Waals surface area contributed by atoms with E-state index in [1.807, 2.05) is 6.92 Å². The third kappa shape index (κ3) is 5.15. The van der Waals surface area contributed by atoms with Crippen LogP contribution in [0.2, 0.25) is 5.02 Å². The van der Waals surface area contributed by atoms with Gasteiger partial charge in [0, 0.05) is 11.3 Å². The Kier molecular flexibility index (Phi) is 7.50. The zero-order valence-corrected chi connectivity index (χ0v) is 20.9. The third-order valence-electron chi connectivity index (χ3n) is 5.95. The minimum absolute atomic E-state index is 0.139. The molecule has 1 amide bonds. The van der Waals surface area contributed by atoms with Crippen molar-refractivity contribution in [2.24, 2.45) is 0 Å². The van der Waals surface area contributed by atoms with Crippen molar-refractivity contribution in [3.05, 3.63) is 94.0 Å². The summed E-state index contributed by atoms with van der Waals surface area (Å²) in [5.41, 5.74) is 1.47. The molecule has 0 spiro atoms. The Hall–Kier alpha value is -4.30. The highest BCUT2D eigenvalue weighted by atomic mass is 35.5. The number of aliphatic hydroxyl groups is 1. The number of halogens is 1. The maximum atomic E-state index is 13.4. The molecule has 8 nitrogen and oxygen atoms in total. The largest absolute Gasteiger partial charge is 0.507 e. The Morgan fingerprint density at radius 2 is 1.62 bits per heavy atom. The molecule has 1 fully saturated rings. The van der Waals surface area contributed by atoms with Gasteiger partial charge < -0.3 is 19.7 Å². The number of aliphatic hydroxyl groups excluding tert-OH is 1. The molecule has 0 bridgehead atoms. The number of hydrogen-bond acceptors (Lipinski definition) is 6. The first-order valence-electron chi connectivity index (χ1n) is 11.4. The van der Waals surface area contributed by atoms with Crippen LogP contribution in [0.4, 0.5) is 5.69 Å². The number of carboxylic acids is 1. The minimum Gasteiger partial charge on any atom is -0.507 e. The van der Waals surface area contributed by atoms with Crippen LogP contribution < -0.4 is 14.4 Å². The molecule has 4 rings (SSSR count). The summed E-state index contributed by atoms with van der Waals surface area (Å²) in [6.45, 7) is 2.20. The molecule has 1 saturated heterocycles. The van der Waals surface area contributed by atoms with Crippen molar-refractivity contribution in [1.82, 2.24) is 0 Å². The smallest absolute Gasteiger partial charge is 0.307 e. The number of anilines is 1. The van der Waals surface area contributed by atoms with E-state index in [0.717, 1.165) is 0 Å². The van der Waals surface area contributed by atoms with Gasteiger partial charge in [-0.05, 0) is 60.5 Å². The van der Waals surface area contributed by atoms with Crippen molar-refractivity contribution in [3.8, 4) is 11.5 Å². The van der Waals surface area contributed by atoms with Gasteiger partial charge in [0.15, 0.2) is 0 Å². The van der Waals surface area contributed by atoms with Crippen LogP contribution >= 0.6 is 11.6 Å². The van der Waals surface area contributed by atoms with Crippen LogP contribution in [-0.4, -0.2) is 41.6 Å². The second-order valence-electron chi connectivity index (χ2n) is 8.25. The fraction of sp³-hybridized carbons (Fsp3) is 0.179. The van der Waals surface area contributed by atoms with Gasteiger partial charge in [-0.25, -0.2) is 0 Å². The quantitative estimate of drug-likeness (QED) is 0.243. The first-order chi connectivity index (χ1) is 17.7. The van der Waals surface area contributed by atoms with E-state index >= 15 is 0 Å². The fourth-order valence-electron chi connectivity index (χ4n) is 4.24. The fourth-order valence-corrected chi connectivity index (χ4v) is 4.44. The summed E-state index contributed by atoms with van der Waals surface area (Å²) in [4.78, 5) is 39.0. The van der Waals surface area contributed by atoms with Gasteiger partial charge in [0.1, 0.15) is 17.3 Å². The summed E-state index contributed by atoms with van der Waals surface area (Å²) in [5.74, 6) is -2.13. The molecule has 9 heteroatoms. The Morgan fingerprint density at radius 1 is 0.973 bits per heavy atom. The average Bonchev–Trinajstić information content (AvgIpc) is 3.15. The molecule has 1 aliphatic rings. The molecule has 1 heterocycles. The molecular formula is C28H24ClNO7. The molecule has 37 heavy (non-hydrogen) atoms. The molecule has 0 saturated carbocycles. The van der Waals surface area contributed by atoms with E-state index in [1.54, 1.807) is 60.7 Å². The predicted molar refractivity (Wildman–Crippen MR) is 138 cm³/mol. The van der Waals surface area contributed by atoms with Crippen LogP contribution in [0, 0.1) is 0 Å². The lowest BCUT2D eigenvalue weighted by molar-refractivity contribution is -0.136. The molecule has 190 valence electrons. The van der Waals surface area contributed by atoms with Gasteiger partial charge in [0.25, 0.3) is 11.7 Å². The topological polar surface area (TPSA) is 113 Å². The summed E-state index contributed by atoms with van der Waals surface area (Å²) in [6.07, 6.45) is -0.185. The number of amides is 1. The zero-order chi connectivity index (χ0) is 26.7. The molecular weight excluding hydrogens is 498 g/mol. The van der Waals surface area contributed by atoms with Gasteiger partial charge in [0.2, 0.25) is 0 Å².